The van der Waals surface area contributed by atoms with Crippen LogP contribution >= 0.6 is 15.9 Å². The highest BCUT2D eigenvalue weighted by molar-refractivity contribution is 9.10. The Morgan fingerprint density at radius 1 is 1.53 bits per heavy atom. The molecule has 0 amide bonds. The van der Waals surface area contributed by atoms with E-state index in [0.29, 0.717) is 5.92 Å². The molecule has 3 rings (SSSR count). The molecule has 2 aromatic rings. The molecular formula is C13H15BrN4O. The Labute approximate surface area is 119 Å². The van der Waals surface area contributed by atoms with Crippen molar-refractivity contribution < 1.29 is 5.11 Å². The molecule has 19 heavy (non-hydrogen) atoms. The SMILES string of the molecule is Cn1cnnc1C1(c2ccnc(Br)c2)CC(CO)C1. The summed E-state index contributed by atoms with van der Waals surface area (Å²) in [5.74, 6) is 1.29. The third-order valence-corrected chi connectivity index (χ3v) is 4.38. The number of aliphatic hydroxyl groups is 1. The Morgan fingerprint density at radius 2 is 2.32 bits per heavy atom. The lowest BCUT2D eigenvalue weighted by atomic mass is 9.58. The average Bonchev–Trinajstić information content (AvgIpc) is 2.76. The maximum absolute atomic E-state index is 9.32. The first-order chi connectivity index (χ1) is 9.15. The van der Waals surface area contributed by atoms with Gasteiger partial charge in [-0.15, -0.1) is 10.2 Å². The molecule has 100 valence electrons. The molecular weight excluding hydrogens is 308 g/mol. The Kier molecular flexibility index (Phi) is 3.14. The van der Waals surface area contributed by atoms with Gasteiger partial charge in [0.25, 0.3) is 0 Å². The van der Waals surface area contributed by atoms with Gasteiger partial charge in [0.1, 0.15) is 16.8 Å². The molecule has 6 heteroatoms. The summed E-state index contributed by atoms with van der Waals surface area (Å²) in [4.78, 5) is 4.18. The van der Waals surface area contributed by atoms with Crippen molar-refractivity contribution in [1.29, 1.82) is 0 Å². The van der Waals surface area contributed by atoms with Crippen molar-refractivity contribution >= 4 is 15.9 Å². The molecule has 0 bridgehead atoms. The molecule has 0 spiro atoms. The van der Waals surface area contributed by atoms with Crippen LogP contribution in [0.15, 0.2) is 29.3 Å². The van der Waals surface area contributed by atoms with Gasteiger partial charge in [-0.25, -0.2) is 4.98 Å². The second-order valence-corrected chi connectivity index (χ2v) is 5.98. The van der Waals surface area contributed by atoms with Crippen LogP contribution in [0.4, 0.5) is 0 Å². The summed E-state index contributed by atoms with van der Waals surface area (Å²) in [5.41, 5.74) is 1.03. The molecule has 1 aliphatic carbocycles. The highest BCUT2D eigenvalue weighted by Crippen LogP contribution is 2.51. The van der Waals surface area contributed by atoms with Gasteiger partial charge in [-0.1, -0.05) is 0 Å². The molecule has 0 aromatic carbocycles. The average molecular weight is 323 g/mol. The van der Waals surface area contributed by atoms with E-state index in [1.165, 1.54) is 5.56 Å². The standard InChI is InChI=1S/C13H15BrN4O/c1-18-8-16-17-12(18)13(5-9(6-13)7-19)10-2-3-15-11(14)4-10/h2-4,8-9,19H,5-7H2,1H3. The van der Waals surface area contributed by atoms with Crippen LogP contribution in [0.1, 0.15) is 24.2 Å². The zero-order valence-electron chi connectivity index (χ0n) is 10.6. The molecule has 0 aliphatic heterocycles. The lowest BCUT2D eigenvalue weighted by molar-refractivity contribution is 0.0940. The molecule has 5 nitrogen and oxygen atoms in total. The van der Waals surface area contributed by atoms with E-state index in [0.717, 1.165) is 23.3 Å². The maximum Gasteiger partial charge on any atom is 0.143 e. The van der Waals surface area contributed by atoms with Gasteiger partial charge in [0.15, 0.2) is 0 Å². The Balaban J connectivity index is 2.07. The van der Waals surface area contributed by atoms with Gasteiger partial charge in [0.05, 0.1) is 5.41 Å². The van der Waals surface area contributed by atoms with E-state index in [-0.39, 0.29) is 12.0 Å². The van der Waals surface area contributed by atoms with Crippen LogP contribution in [-0.4, -0.2) is 31.5 Å². The number of pyridine rings is 1. The lowest BCUT2D eigenvalue weighted by Crippen LogP contribution is -2.45. The van der Waals surface area contributed by atoms with E-state index in [2.05, 4.69) is 31.1 Å². The molecule has 1 saturated carbocycles. The Morgan fingerprint density at radius 3 is 2.89 bits per heavy atom. The smallest absolute Gasteiger partial charge is 0.143 e. The van der Waals surface area contributed by atoms with E-state index >= 15 is 0 Å². The largest absolute Gasteiger partial charge is 0.396 e. The minimum atomic E-state index is -0.149. The van der Waals surface area contributed by atoms with Gasteiger partial charge in [-0.05, 0) is 52.4 Å². The van der Waals surface area contributed by atoms with Crippen molar-refractivity contribution in [2.24, 2.45) is 13.0 Å². The van der Waals surface area contributed by atoms with Crippen molar-refractivity contribution in [2.75, 3.05) is 6.61 Å². The zero-order chi connectivity index (χ0) is 13.5. The number of aryl methyl sites for hydroxylation is 1. The van der Waals surface area contributed by atoms with Gasteiger partial charge >= 0.3 is 0 Å². The summed E-state index contributed by atoms with van der Waals surface area (Å²) in [6.45, 7) is 0.228. The van der Waals surface area contributed by atoms with Crippen molar-refractivity contribution in [3.05, 3.63) is 40.6 Å². The lowest BCUT2D eigenvalue weighted by Gasteiger charge is -2.46. The molecule has 0 unspecified atom stereocenters. The van der Waals surface area contributed by atoms with Crippen LogP contribution in [0.2, 0.25) is 0 Å². The summed E-state index contributed by atoms with van der Waals surface area (Å²) < 4.78 is 2.78. The van der Waals surface area contributed by atoms with Crippen LogP contribution in [0, 0.1) is 5.92 Å². The fraction of sp³-hybridized carbons (Fsp3) is 0.462. The molecule has 2 heterocycles. The van der Waals surface area contributed by atoms with Gasteiger partial charge < -0.3 is 9.67 Å². The van der Waals surface area contributed by atoms with Crippen LogP contribution in [0.5, 0.6) is 0 Å². The third kappa shape index (κ3) is 1.99. The molecule has 1 N–H and O–H groups in total. The first-order valence-electron chi connectivity index (χ1n) is 6.23. The highest BCUT2D eigenvalue weighted by atomic mass is 79.9. The van der Waals surface area contributed by atoms with Gasteiger partial charge in [0, 0.05) is 19.9 Å². The number of nitrogens with zero attached hydrogens (tertiary/aromatic N) is 4. The minimum absolute atomic E-state index is 0.149. The highest BCUT2D eigenvalue weighted by Gasteiger charge is 2.49. The molecule has 0 atom stereocenters. The van der Waals surface area contributed by atoms with Crippen LogP contribution < -0.4 is 0 Å². The molecule has 1 aliphatic rings. The summed E-state index contributed by atoms with van der Waals surface area (Å²) in [6.07, 6.45) is 5.31. The van der Waals surface area contributed by atoms with Crippen molar-refractivity contribution in [3.8, 4) is 0 Å². The van der Waals surface area contributed by atoms with Gasteiger partial charge in [-0.2, -0.15) is 0 Å². The topological polar surface area (TPSA) is 63.8 Å². The minimum Gasteiger partial charge on any atom is -0.396 e. The van der Waals surface area contributed by atoms with Gasteiger partial charge in [-0.3, -0.25) is 0 Å². The second-order valence-electron chi connectivity index (χ2n) is 5.17. The number of aromatic nitrogens is 4. The fourth-order valence-electron chi connectivity index (χ4n) is 3.02. The maximum atomic E-state index is 9.32. The number of aliphatic hydroxyl groups excluding tert-OH is 1. The summed E-state index contributed by atoms with van der Waals surface area (Å²) in [6, 6.07) is 4.05. The normalized spacial score (nSPS) is 26.2. The number of hydrogen-bond acceptors (Lipinski definition) is 4. The molecule has 0 saturated heterocycles. The summed E-state index contributed by atoms with van der Waals surface area (Å²) in [7, 11) is 1.96. The van der Waals surface area contributed by atoms with E-state index in [1.54, 1.807) is 12.5 Å². The van der Waals surface area contributed by atoms with E-state index in [9.17, 15) is 5.11 Å². The Hall–Kier alpha value is -1.27. The van der Waals surface area contributed by atoms with Crippen LogP contribution in [0.3, 0.4) is 0 Å². The Bertz CT molecular complexity index is 592. The summed E-state index contributed by atoms with van der Waals surface area (Å²) >= 11 is 3.42. The van der Waals surface area contributed by atoms with Gasteiger partial charge in [0.2, 0.25) is 0 Å². The fourth-order valence-corrected chi connectivity index (χ4v) is 3.38. The van der Waals surface area contributed by atoms with E-state index < -0.39 is 0 Å². The first kappa shape index (κ1) is 12.7. The number of halogens is 1. The molecule has 0 radical (unpaired) electrons. The molecule has 2 aromatic heterocycles. The summed E-state index contributed by atoms with van der Waals surface area (Å²) in [5, 5.41) is 17.6. The van der Waals surface area contributed by atoms with Crippen molar-refractivity contribution in [3.63, 3.8) is 0 Å². The monoisotopic (exact) mass is 322 g/mol. The van der Waals surface area contributed by atoms with Crippen molar-refractivity contribution in [2.45, 2.75) is 18.3 Å². The second kappa shape index (κ2) is 4.68. The zero-order valence-corrected chi connectivity index (χ0v) is 12.2. The predicted molar refractivity (Wildman–Crippen MR) is 73.5 cm³/mol. The van der Waals surface area contributed by atoms with Crippen LogP contribution in [0.25, 0.3) is 0 Å². The number of rotatable bonds is 3. The van der Waals surface area contributed by atoms with E-state index in [4.69, 9.17) is 0 Å². The number of hydrogen-bond donors (Lipinski definition) is 1. The van der Waals surface area contributed by atoms with E-state index in [1.807, 2.05) is 23.7 Å². The quantitative estimate of drug-likeness (QED) is 0.873. The predicted octanol–water partition coefficient (Wildman–Crippen LogP) is 1.66. The van der Waals surface area contributed by atoms with Crippen LogP contribution in [-0.2, 0) is 12.5 Å². The first-order valence-corrected chi connectivity index (χ1v) is 7.02. The third-order valence-electron chi connectivity index (χ3n) is 3.95. The molecule has 1 fully saturated rings. The van der Waals surface area contributed by atoms with Crippen molar-refractivity contribution in [1.82, 2.24) is 19.7 Å².